The van der Waals surface area contributed by atoms with Crippen molar-refractivity contribution in [1.29, 1.82) is 0 Å². The Balaban J connectivity index is 2.45. The van der Waals surface area contributed by atoms with Crippen molar-refractivity contribution in [3.8, 4) is 0 Å². The van der Waals surface area contributed by atoms with Gasteiger partial charge in [-0.2, -0.15) is 4.99 Å². The summed E-state index contributed by atoms with van der Waals surface area (Å²) in [5.41, 5.74) is 17.7. The number of nitrogens with two attached hydrogens (primary N) is 3. The molecule has 0 saturated heterocycles. The Morgan fingerprint density at radius 3 is 2.69 bits per heavy atom. The van der Waals surface area contributed by atoms with E-state index in [9.17, 15) is 0 Å². The highest BCUT2D eigenvalue weighted by molar-refractivity contribution is 5.92. The highest BCUT2D eigenvalue weighted by Crippen LogP contribution is 2.04. The average molecular weight is 218 g/mol. The molecule has 0 aliphatic heterocycles. The summed E-state index contributed by atoms with van der Waals surface area (Å²) in [5, 5.41) is 4.02. The van der Waals surface area contributed by atoms with Crippen LogP contribution in [0.2, 0.25) is 0 Å². The van der Waals surface area contributed by atoms with Crippen molar-refractivity contribution in [2.45, 2.75) is 0 Å². The molecule has 1 heterocycles. The van der Waals surface area contributed by atoms with Crippen LogP contribution >= 0.6 is 0 Å². The molecule has 0 aliphatic carbocycles. The predicted molar refractivity (Wildman–Crippen MR) is 61.3 cm³/mol. The Labute approximate surface area is 91.3 Å². The van der Waals surface area contributed by atoms with E-state index in [0.29, 0.717) is 0 Å². The molecule has 0 fully saturated rings. The van der Waals surface area contributed by atoms with Gasteiger partial charge in [-0.15, -0.1) is 0 Å². The van der Waals surface area contributed by atoms with Crippen molar-refractivity contribution in [2.24, 2.45) is 27.3 Å². The highest BCUT2D eigenvalue weighted by atomic mass is 15.4. The van der Waals surface area contributed by atoms with Gasteiger partial charge in [0.05, 0.1) is 0 Å². The molecule has 7 heteroatoms. The molecule has 2 rings (SSSR count). The zero-order chi connectivity index (χ0) is 11.5. The van der Waals surface area contributed by atoms with Crippen molar-refractivity contribution in [3.05, 3.63) is 30.6 Å². The number of nitrogens with zero attached hydrogens (tertiary/aromatic N) is 3. The monoisotopic (exact) mass is 218 g/mol. The molecular weight excluding hydrogens is 206 g/mol. The lowest BCUT2D eigenvalue weighted by atomic mass is 10.3. The van der Waals surface area contributed by atoms with Crippen LogP contribution in [-0.2, 0) is 0 Å². The topological polar surface area (TPSA) is 122 Å². The zero-order valence-electron chi connectivity index (χ0n) is 8.46. The number of benzene rings is 1. The average Bonchev–Trinajstić information content (AvgIpc) is 2.61. The van der Waals surface area contributed by atoms with Gasteiger partial charge in [0, 0.05) is 0 Å². The summed E-state index contributed by atoms with van der Waals surface area (Å²) in [6.45, 7) is 0. The van der Waals surface area contributed by atoms with E-state index >= 15 is 0 Å². The van der Waals surface area contributed by atoms with Crippen LogP contribution in [0.25, 0.3) is 11.0 Å². The summed E-state index contributed by atoms with van der Waals surface area (Å²) in [7, 11) is 0. The van der Waals surface area contributed by atoms with E-state index in [-0.39, 0.29) is 11.9 Å². The van der Waals surface area contributed by atoms with E-state index < -0.39 is 0 Å². The molecule has 1 aromatic heterocycles. The maximum Gasteiger partial charge on any atom is 0.268 e. The summed E-state index contributed by atoms with van der Waals surface area (Å²) in [6, 6.07) is 7.65. The summed E-state index contributed by atoms with van der Waals surface area (Å²) in [6.07, 6.45) is 1.67. The second-order valence-electron chi connectivity index (χ2n) is 3.13. The normalized spacial score (nSPS) is 11.6. The number of hydrogen-bond acceptors (Lipinski definition) is 1. The van der Waals surface area contributed by atoms with E-state index in [0.717, 1.165) is 11.0 Å². The van der Waals surface area contributed by atoms with Crippen molar-refractivity contribution in [2.75, 3.05) is 0 Å². The molecule has 1 aromatic carbocycles. The SMILES string of the molecule is NC(N)=N/C(N)=N/[n+]1c[nH]c2ccccc21. The molecule has 16 heavy (non-hydrogen) atoms. The van der Waals surface area contributed by atoms with Gasteiger partial charge in [0.15, 0.2) is 11.5 Å². The zero-order valence-corrected chi connectivity index (χ0v) is 8.46. The van der Waals surface area contributed by atoms with Gasteiger partial charge in [-0.05, 0) is 17.2 Å². The largest absolute Gasteiger partial charge is 0.370 e. The third-order valence-corrected chi connectivity index (χ3v) is 1.95. The minimum absolute atomic E-state index is 0.00486. The highest BCUT2D eigenvalue weighted by Gasteiger charge is 2.07. The van der Waals surface area contributed by atoms with Gasteiger partial charge in [-0.1, -0.05) is 16.8 Å². The maximum atomic E-state index is 5.52. The molecule has 0 unspecified atom stereocenters. The minimum Gasteiger partial charge on any atom is -0.370 e. The van der Waals surface area contributed by atoms with Gasteiger partial charge in [-0.25, -0.2) is 4.98 Å². The fourth-order valence-electron chi connectivity index (χ4n) is 1.34. The molecule has 0 amide bonds. The molecule has 82 valence electrons. The van der Waals surface area contributed by atoms with Gasteiger partial charge in [-0.3, -0.25) is 0 Å². The van der Waals surface area contributed by atoms with Crippen molar-refractivity contribution in [3.63, 3.8) is 0 Å². The predicted octanol–water partition coefficient (Wildman–Crippen LogP) is -1.19. The number of aromatic nitrogens is 2. The van der Waals surface area contributed by atoms with Crippen LogP contribution in [0, 0.1) is 0 Å². The van der Waals surface area contributed by atoms with Crippen LogP contribution in [0.3, 0.4) is 0 Å². The van der Waals surface area contributed by atoms with Crippen LogP contribution in [0.5, 0.6) is 0 Å². The number of hydrogen-bond donors (Lipinski definition) is 4. The fourth-order valence-corrected chi connectivity index (χ4v) is 1.34. The van der Waals surface area contributed by atoms with Crippen LogP contribution in [0.4, 0.5) is 0 Å². The second-order valence-corrected chi connectivity index (χ2v) is 3.13. The van der Waals surface area contributed by atoms with E-state index in [1.165, 1.54) is 0 Å². The Morgan fingerprint density at radius 2 is 1.94 bits per heavy atom. The van der Waals surface area contributed by atoms with E-state index in [1.54, 1.807) is 11.0 Å². The molecule has 0 saturated carbocycles. The number of nitrogens with one attached hydrogen (secondary N) is 1. The quantitative estimate of drug-likeness (QED) is 0.273. The first-order chi connectivity index (χ1) is 7.66. The third-order valence-electron chi connectivity index (χ3n) is 1.95. The molecule has 0 bridgehead atoms. The smallest absolute Gasteiger partial charge is 0.268 e. The summed E-state index contributed by atoms with van der Waals surface area (Å²) < 4.78 is 1.57. The number of para-hydroxylation sites is 2. The lowest BCUT2D eigenvalue weighted by Gasteiger charge is -1.91. The first-order valence-corrected chi connectivity index (χ1v) is 4.58. The Bertz CT molecular complexity index is 562. The van der Waals surface area contributed by atoms with Gasteiger partial charge in [0.1, 0.15) is 0 Å². The van der Waals surface area contributed by atoms with Crippen LogP contribution in [0.15, 0.2) is 40.7 Å². The number of fused-ring (bicyclic) bond motifs is 1. The molecule has 0 aliphatic rings. The molecular formula is C9H12N7+. The molecule has 7 nitrogen and oxygen atoms in total. The van der Waals surface area contributed by atoms with E-state index in [4.69, 9.17) is 17.2 Å². The number of H-pyrrole nitrogens is 1. The maximum absolute atomic E-state index is 5.52. The Morgan fingerprint density at radius 1 is 1.19 bits per heavy atom. The standard InChI is InChI=1S/C9H11N7/c10-8(11)14-9(12)15-16-5-13-6-3-1-2-4-7(6)16/h1-5H,(H6,10,11,12,14,15)/p+1. The summed E-state index contributed by atoms with van der Waals surface area (Å²) in [4.78, 5) is 6.66. The first kappa shape index (κ1) is 9.97. The molecule has 2 aromatic rings. The third kappa shape index (κ3) is 1.92. The summed E-state index contributed by atoms with van der Waals surface area (Å²) in [5.74, 6) is -0.128. The number of imidazole rings is 1. The van der Waals surface area contributed by atoms with Crippen molar-refractivity contribution < 1.29 is 4.68 Å². The number of aromatic amines is 1. The molecule has 0 radical (unpaired) electrons. The summed E-state index contributed by atoms with van der Waals surface area (Å²) >= 11 is 0. The molecule has 0 atom stereocenters. The number of aliphatic imine (C=N–C) groups is 1. The Kier molecular flexibility index (Phi) is 2.42. The van der Waals surface area contributed by atoms with Crippen molar-refractivity contribution in [1.82, 2.24) is 4.98 Å². The second kappa shape index (κ2) is 3.89. The molecule has 0 spiro atoms. The first-order valence-electron chi connectivity index (χ1n) is 4.58. The van der Waals surface area contributed by atoms with Gasteiger partial charge >= 0.3 is 0 Å². The lowest BCUT2D eigenvalue weighted by molar-refractivity contribution is -0.652. The van der Waals surface area contributed by atoms with E-state index in [2.05, 4.69) is 15.1 Å². The minimum atomic E-state index is -0.123. The van der Waals surface area contributed by atoms with Crippen molar-refractivity contribution >= 4 is 23.0 Å². The molecule has 7 N–H and O–H groups in total. The van der Waals surface area contributed by atoms with Crippen LogP contribution < -0.4 is 21.9 Å². The van der Waals surface area contributed by atoms with Crippen LogP contribution in [-0.4, -0.2) is 16.9 Å². The lowest BCUT2D eigenvalue weighted by Crippen LogP contribution is -2.32. The van der Waals surface area contributed by atoms with Gasteiger partial charge in [0.25, 0.3) is 12.3 Å². The van der Waals surface area contributed by atoms with Gasteiger partial charge < -0.3 is 17.2 Å². The fraction of sp³-hybridized carbons (Fsp3) is 0. The number of rotatable bonds is 1. The van der Waals surface area contributed by atoms with E-state index in [1.807, 2.05) is 24.3 Å². The van der Waals surface area contributed by atoms with Gasteiger partial charge in [0.2, 0.25) is 5.52 Å². The number of guanidine groups is 2. The van der Waals surface area contributed by atoms with Crippen LogP contribution in [0.1, 0.15) is 0 Å². The Hall–Kier alpha value is -2.57.